The molecule has 2 aromatic carbocycles. The van der Waals surface area contributed by atoms with Crippen molar-refractivity contribution < 1.29 is 28.6 Å². The summed E-state index contributed by atoms with van der Waals surface area (Å²) in [4.78, 5) is 34.9. The highest BCUT2D eigenvalue weighted by atomic mass is 16.5. The molecule has 0 atom stereocenters. The Morgan fingerprint density at radius 1 is 0.759 bits per heavy atom. The summed E-state index contributed by atoms with van der Waals surface area (Å²) in [6.45, 7) is 1.34. The van der Waals surface area contributed by atoms with Gasteiger partial charge < -0.3 is 14.2 Å². The minimum Gasteiger partial charge on any atom is -0.461 e. The second kappa shape index (κ2) is 11.9. The van der Waals surface area contributed by atoms with Crippen molar-refractivity contribution in [2.45, 2.75) is 6.92 Å². The monoisotopic (exact) mass is 394 g/mol. The van der Waals surface area contributed by atoms with Gasteiger partial charge in [-0.15, -0.1) is 0 Å². The molecule has 0 aromatic heterocycles. The summed E-state index contributed by atoms with van der Waals surface area (Å²) in [5, 5.41) is 0. The molecule has 0 amide bonds. The summed E-state index contributed by atoms with van der Waals surface area (Å²) in [6, 6.07) is 17.3. The normalized spacial score (nSPS) is 11.1. The zero-order valence-corrected chi connectivity index (χ0v) is 16.1. The van der Waals surface area contributed by atoms with Crippen LogP contribution < -0.4 is 0 Å². The van der Waals surface area contributed by atoms with Crippen molar-refractivity contribution in [3.05, 3.63) is 95.6 Å². The highest BCUT2D eigenvalue weighted by Gasteiger charge is 2.08. The summed E-state index contributed by atoms with van der Waals surface area (Å²) < 4.78 is 15.4. The molecule has 0 radical (unpaired) electrons. The van der Waals surface area contributed by atoms with Crippen LogP contribution in [0.4, 0.5) is 0 Å². The Kier molecular flexibility index (Phi) is 8.89. The molecule has 0 aliphatic carbocycles. The number of esters is 3. The number of hydrogen-bond donors (Lipinski definition) is 0. The van der Waals surface area contributed by atoms with Crippen LogP contribution in [0.25, 0.3) is 0 Å². The third-order valence-corrected chi connectivity index (χ3v) is 3.65. The Bertz CT molecular complexity index is 869. The molecule has 6 heteroatoms. The predicted octanol–water partition coefficient (Wildman–Crippen LogP) is 3.75. The largest absolute Gasteiger partial charge is 0.461 e. The Morgan fingerprint density at radius 3 is 1.83 bits per heavy atom. The molecule has 29 heavy (non-hydrogen) atoms. The van der Waals surface area contributed by atoms with Crippen molar-refractivity contribution in [2.75, 3.05) is 19.8 Å². The first-order valence-electron chi connectivity index (χ1n) is 8.98. The SMILES string of the molecule is CC(=O)OC/C(=C\C=C/COC(=O)c1ccccc1)COC(=O)c1ccccc1. The van der Waals surface area contributed by atoms with E-state index in [-0.39, 0.29) is 19.8 Å². The molecule has 2 aromatic rings. The van der Waals surface area contributed by atoms with E-state index in [2.05, 4.69) is 0 Å². The third kappa shape index (κ3) is 8.26. The fourth-order valence-electron chi connectivity index (χ4n) is 2.19. The Morgan fingerprint density at radius 2 is 1.28 bits per heavy atom. The van der Waals surface area contributed by atoms with E-state index in [1.54, 1.807) is 72.8 Å². The molecule has 0 heterocycles. The van der Waals surface area contributed by atoms with Crippen LogP contribution in [0.2, 0.25) is 0 Å². The van der Waals surface area contributed by atoms with Gasteiger partial charge in [-0.05, 0) is 30.3 Å². The number of benzene rings is 2. The highest BCUT2D eigenvalue weighted by molar-refractivity contribution is 5.89. The molecule has 0 N–H and O–H groups in total. The molecule has 0 unspecified atom stereocenters. The van der Waals surface area contributed by atoms with E-state index in [4.69, 9.17) is 14.2 Å². The van der Waals surface area contributed by atoms with E-state index in [1.165, 1.54) is 6.92 Å². The number of allylic oxidation sites excluding steroid dienone is 2. The summed E-state index contributed by atoms with van der Waals surface area (Å²) in [6.07, 6.45) is 4.93. The molecule has 0 bridgehead atoms. The number of ether oxygens (including phenoxy) is 3. The molecule has 0 fully saturated rings. The lowest BCUT2D eigenvalue weighted by Crippen LogP contribution is -2.12. The molecule has 0 saturated heterocycles. The Balaban J connectivity index is 1.87. The van der Waals surface area contributed by atoms with Crippen molar-refractivity contribution in [2.24, 2.45) is 0 Å². The van der Waals surface area contributed by atoms with Crippen molar-refractivity contribution in [3.8, 4) is 0 Å². The lowest BCUT2D eigenvalue weighted by molar-refractivity contribution is -0.140. The quantitative estimate of drug-likeness (QED) is 0.366. The van der Waals surface area contributed by atoms with Gasteiger partial charge >= 0.3 is 17.9 Å². The van der Waals surface area contributed by atoms with Crippen molar-refractivity contribution in [3.63, 3.8) is 0 Å². The molecule has 0 spiro atoms. The zero-order valence-electron chi connectivity index (χ0n) is 16.1. The van der Waals surface area contributed by atoms with Crippen LogP contribution in [0.3, 0.4) is 0 Å². The molecular formula is C23H22O6. The fourth-order valence-corrected chi connectivity index (χ4v) is 2.19. The van der Waals surface area contributed by atoms with Crippen molar-refractivity contribution in [1.82, 2.24) is 0 Å². The average molecular weight is 394 g/mol. The van der Waals surface area contributed by atoms with E-state index in [9.17, 15) is 14.4 Å². The minimum absolute atomic E-state index is 0.00839. The van der Waals surface area contributed by atoms with Gasteiger partial charge in [0.05, 0.1) is 11.1 Å². The van der Waals surface area contributed by atoms with Crippen LogP contribution in [0.1, 0.15) is 27.6 Å². The predicted molar refractivity (Wildman–Crippen MR) is 107 cm³/mol. The van der Waals surface area contributed by atoms with E-state index >= 15 is 0 Å². The molecule has 0 aliphatic rings. The summed E-state index contributed by atoms with van der Waals surface area (Å²) in [5.74, 6) is -1.33. The minimum atomic E-state index is -0.472. The first-order valence-corrected chi connectivity index (χ1v) is 8.98. The number of hydrogen-bond acceptors (Lipinski definition) is 6. The van der Waals surface area contributed by atoms with Crippen molar-refractivity contribution in [1.29, 1.82) is 0 Å². The summed E-state index contributed by atoms with van der Waals surface area (Å²) >= 11 is 0. The molecule has 0 aliphatic heterocycles. The number of rotatable bonds is 9. The van der Waals surface area contributed by atoms with Gasteiger partial charge in [-0.3, -0.25) is 4.79 Å². The maximum atomic E-state index is 12.0. The molecule has 2 rings (SSSR count). The number of carbonyl (C=O) groups is 3. The standard InChI is InChI=1S/C23H22O6/c1-18(24)28-16-19(17-29-23(26)21-13-6-3-7-14-21)10-8-9-15-27-22(25)20-11-4-2-5-12-20/h2-14H,15-17H2,1H3/b9-8-,19-10+. The smallest absolute Gasteiger partial charge is 0.338 e. The third-order valence-electron chi connectivity index (χ3n) is 3.65. The van der Waals surface area contributed by atoms with Gasteiger partial charge in [0.15, 0.2) is 0 Å². The first kappa shape index (κ1) is 21.6. The van der Waals surface area contributed by atoms with E-state index < -0.39 is 17.9 Å². The second-order valence-electron chi connectivity index (χ2n) is 5.94. The average Bonchev–Trinajstić information content (AvgIpc) is 2.75. The molecule has 150 valence electrons. The molecule has 6 nitrogen and oxygen atoms in total. The lowest BCUT2D eigenvalue weighted by atomic mass is 10.2. The van der Waals surface area contributed by atoms with Gasteiger partial charge in [-0.2, -0.15) is 0 Å². The second-order valence-corrected chi connectivity index (χ2v) is 5.94. The van der Waals surface area contributed by atoms with Crippen LogP contribution in [0.5, 0.6) is 0 Å². The van der Waals surface area contributed by atoms with Gasteiger partial charge in [0.2, 0.25) is 0 Å². The van der Waals surface area contributed by atoms with Crippen LogP contribution >= 0.6 is 0 Å². The summed E-state index contributed by atoms with van der Waals surface area (Å²) in [7, 11) is 0. The lowest BCUT2D eigenvalue weighted by Gasteiger charge is -2.09. The van der Waals surface area contributed by atoms with E-state index in [1.807, 2.05) is 6.07 Å². The topological polar surface area (TPSA) is 78.9 Å². The molecular weight excluding hydrogens is 372 g/mol. The zero-order chi connectivity index (χ0) is 20.9. The van der Waals surface area contributed by atoms with Gasteiger partial charge in [0.1, 0.15) is 19.8 Å². The van der Waals surface area contributed by atoms with Crippen LogP contribution in [0, 0.1) is 0 Å². The van der Waals surface area contributed by atoms with Gasteiger partial charge in [-0.25, -0.2) is 9.59 Å². The van der Waals surface area contributed by atoms with Gasteiger partial charge in [0, 0.05) is 12.5 Å². The number of carbonyl (C=O) groups excluding carboxylic acids is 3. The first-order chi connectivity index (χ1) is 14.1. The van der Waals surface area contributed by atoms with Crippen LogP contribution in [-0.2, 0) is 19.0 Å². The van der Waals surface area contributed by atoms with E-state index in [0.29, 0.717) is 16.7 Å². The highest BCUT2D eigenvalue weighted by Crippen LogP contribution is 2.05. The van der Waals surface area contributed by atoms with Crippen molar-refractivity contribution >= 4 is 17.9 Å². The summed E-state index contributed by atoms with van der Waals surface area (Å²) in [5.41, 5.74) is 1.48. The molecule has 0 saturated carbocycles. The maximum Gasteiger partial charge on any atom is 0.338 e. The maximum absolute atomic E-state index is 12.0. The van der Waals surface area contributed by atoms with Gasteiger partial charge in [0.25, 0.3) is 0 Å². The Labute approximate surface area is 169 Å². The fraction of sp³-hybridized carbons (Fsp3) is 0.174. The Hall–Kier alpha value is -3.67. The van der Waals surface area contributed by atoms with Gasteiger partial charge in [-0.1, -0.05) is 48.6 Å². The van der Waals surface area contributed by atoms with Crippen LogP contribution in [-0.4, -0.2) is 37.7 Å². The van der Waals surface area contributed by atoms with E-state index in [0.717, 1.165) is 0 Å². The van der Waals surface area contributed by atoms with Crippen LogP contribution in [0.15, 0.2) is 84.5 Å².